The maximum Gasteiger partial charge on any atom is 0.257 e. The van der Waals surface area contributed by atoms with Crippen LogP contribution < -0.4 is 10.1 Å². The second-order valence-corrected chi connectivity index (χ2v) is 4.25. The largest absolute Gasteiger partial charge is 0.482 e. The fourth-order valence-corrected chi connectivity index (χ4v) is 1.86. The summed E-state index contributed by atoms with van der Waals surface area (Å²) < 4.78 is 5.67. The fourth-order valence-electron chi connectivity index (χ4n) is 1.75. The first-order valence-corrected chi connectivity index (χ1v) is 5.90. The number of rotatable bonds is 3. The molecular weight excluding hydrogens is 258 g/mol. The summed E-state index contributed by atoms with van der Waals surface area (Å²) in [4.78, 5) is 13.9. The molecule has 0 radical (unpaired) electrons. The predicted molar refractivity (Wildman–Crippen MR) is 66.0 cm³/mol. The number of piperidine rings is 1. The Hall–Kier alpha value is -1.82. The molecule has 1 aromatic rings. The lowest BCUT2D eigenvalue weighted by Gasteiger charge is -2.25. The number of pyridine rings is 1. The molecule has 1 N–H and O–H groups in total. The van der Waals surface area contributed by atoms with Gasteiger partial charge in [0.1, 0.15) is 22.7 Å². The van der Waals surface area contributed by atoms with E-state index in [2.05, 4.69) is 10.3 Å². The molecule has 18 heavy (non-hydrogen) atoms. The summed E-state index contributed by atoms with van der Waals surface area (Å²) in [6.45, 7) is 0.721. The van der Waals surface area contributed by atoms with Crippen molar-refractivity contribution in [2.45, 2.75) is 18.9 Å². The predicted octanol–water partition coefficient (Wildman–Crippen LogP) is 1.98. The van der Waals surface area contributed by atoms with Crippen LogP contribution in [0.15, 0.2) is 30.2 Å². The molecule has 6 nitrogen and oxygen atoms in total. The van der Waals surface area contributed by atoms with Gasteiger partial charge in [0.05, 0.1) is 11.1 Å². The molecule has 1 aliphatic rings. The quantitative estimate of drug-likeness (QED) is 0.516. The fraction of sp³-hybridized carbons (Fsp3) is 0.364. The van der Waals surface area contributed by atoms with Gasteiger partial charge in [-0.05, 0) is 25.0 Å². The maximum atomic E-state index is 10.5. The number of ether oxygens (including phenoxy) is 1. The van der Waals surface area contributed by atoms with Gasteiger partial charge in [0.25, 0.3) is 6.20 Å². The molecule has 2 heterocycles. The van der Waals surface area contributed by atoms with E-state index in [1.807, 2.05) is 0 Å². The first kappa shape index (κ1) is 12.6. The van der Waals surface area contributed by atoms with Gasteiger partial charge in [-0.3, -0.25) is 10.1 Å². The zero-order valence-electron chi connectivity index (χ0n) is 9.51. The van der Waals surface area contributed by atoms with Crippen LogP contribution in [0.1, 0.15) is 12.8 Å². The van der Waals surface area contributed by atoms with Gasteiger partial charge in [0.2, 0.25) is 0 Å². The van der Waals surface area contributed by atoms with Gasteiger partial charge in [0, 0.05) is 6.54 Å². The highest BCUT2D eigenvalue weighted by Gasteiger charge is 2.23. The number of nitrogens with zero attached hydrogens (tertiary/aromatic N) is 2. The standard InChI is InChI=1S/C11H12ClN3O3/c12-11-4-3-8(6-14-11)18-10-2-1-5-13-9(10)7-15(16)17/h3-4,6-7,10,13H,1-2,5H2/b9-7-. The van der Waals surface area contributed by atoms with E-state index in [9.17, 15) is 10.1 Å². The van der Waals surface area contributed by atoms with Crippen LogP contribution >= 0.6 is 11.6 Å². The number of nitro groups is 1. The molecule has 1 atom stereocenters. The topological polar surface area (TPSA) is 77.3 Å². The lowest BCUT2D eigenvalue weighted by molar-refractivity contribution is -0.404. The second kappa shape index (κ2) is 5.68. The minimum absolute atomic E-state index is 0.341. The van der Waals surface area contributed by atoms with Crippen molar-refractivity contribution in [1.29, 1.82) is 0 Å². The highest BCUT2D eigenvalue weighted by atomic mass is 35.5. The van der Waals surface area contributed by atoms with E-state index in [4.69, 9.17) is 16.3 Å². The van der Waals surface area contributed by atoms with E-state index in [1.54, 1.807) is 12.1 Å². The lowest BCUT2D eigenvalue weighted by atomic mass is 10.1. The Balaban J connectivity index is 2.10. The van der Waals surface area contributed by atoms with Gasteiger partial charge in [-0.25, -0.2) is 4.98 Å². The van der Waals surface area contributed by atoms with Crippen molar-refractivity contribution < 1.29 is 9.66 Å². The third kappa shape index (κ3) is 3.33. The third-order valence-electron chi connectivity index (χ3n) is 2.54. The summed E-state index contributed by atoms with van der Waals surface area (Å²) >= 11 is 5.67. The van der Waals surface area contributed by atoms with Gasteiger partial charge in [0.15, 0.2) is 0 Å². The molecule has 96 valence electrons. The van der Waals surface area contributed by atoms with E-state index >= 15 is 0 Å². The highest BCUT2D eigenvalue weighted by Crippen LogP contribution is 2.20. The van der Waals surface area contributed by atoms with Crippen LogP contribution in [0, 0.1) is 10.1 Å². The molecule has 0 amide bonds. The molecule has 0 aromatic carbocycles. The summed E-state index contributed by atoms with van der Waals surface area (Å²) in [6, 6.07) is 3.30. The molecule has 0 aliphatic carbocycles. The van der Waals surface area contributed by atoms with Gasteiger partial charge in [-0.15, -0.1) is 0 Å². The second-order valence-electron chi connectivity index (χ2n) is 3.86. The van der Waals surface area contributed by atoms with Crippen LogP contribution in [0.5, 0.6) is 5.75 Å². The molecule has 2 rings (SSSR count). The van der Waals surface area contributed by atoms with Crippen LogP contribution in [0.4, 0.5) is 0 Å². The molecule has 0 spiro atoms. The molecular formula is C11H12ClN3O3. The van der Waals surface area contributed by atoms with E-state index < -0.39 is 4.92 Å². The molecule has 1 aliphatic heterocycles. The number of halogens is 1. The van der Waals surface area contributed by atoms with Crippen molar-refractivity contribution in [3.05, 3.63) is 45.5 Å². The van der Waals surface area contributed by atoms with E-state index in [0.29, 0.717) is 16.6 Å². The van der Waals surface area contributed by atoms with Gasteiger partial charge >= 0.3 is 0 Å². The zero-order valence-corrected chi connectivity index (χ0v) is 10.3. The van der Waals surface area contributed by atoms with Crippen LogP contribution in [-0.4, -0.2) is 22.6 Å². The van der Waals surface area contributed by atoms with Gasteiger partial charge < -0.3 is 10.1 Å². The Bertz CT molecular complexity index is 461. The van der Waals surface area contributed by atoms with Crippen molar-refractivity contribution in [2.24, 2.45) is 0 Å². The summed E-state index contributed by atoms with van der Waals surface area (Å²) in [5, 5.41) is 13.9. The molecule has 1 fully saturated rings. The minimum Gasteiger partial charge on any atom is -0.482 e. The van der Waals surface area contributed by atoms with Crippen LogP contribution in [-0.2, 0) is 0 Å². The van der Waals surface area contributed by atoms with Crippen molar-refractivity contribution in [3.8, 4) is 5.75 Å². The van der Waals surface area contributed by atoms with E-state index in [1.165, 1.54) is 6.20 Å². The van der Waals surface area contributed by atoms with Crippen LogP contribution in [0.3, 0.4) is 0 Å². The average molecular weight is 270 g/mol. The van der Waals surface area contributed by atoms with Crippen molar-refractivity contribution in [2.75, 3.05) is 6.54 Å². The lowest BCUT2D eigenvalue weighted by Crippen LogP contribution is -2.35. The Morgan fingerprint density at radius 1 is 1.61 bits per heavy atom. The molecule has 0 saturated carbocycles. The first-order valence-electron chi connectivity index (χ1n) is 5.52. The Morgan fingerprint density at radius 2 is 2.44 bits per heavy atom. The Labute approximate surface area is 109 Å². The summed E-state index contributed by atoms with van der Waals surface area (Å²) in [5.41, 5.74) is 0.487. The van der Waals surface area contributed by atoms with Gasteiger partial charge in [-0.1, -0.05) is 11.6 Å². The average Bonchev–Trinajstić information content (AvgIpc) is 2.34. The summed E-state index contributed by atoms with van der Waals surface area (Å²) in [5.74, 6) is 0.544. The molecule has 0 bridgehead atoms. The van der Waals surface area contributed by atoms with Crippen LogP contribution in [0.2, 0.25) is 5.15 Å². The first-order chi connectivity index (χ1) is 8.65. The number of nitrogens with one attached hydrogen (secondary N) is 1. The zero-order chi connectivity index (χ0) is 13.0. The van der Waals surface area contributed by atoms with E-state index in [0.717, 1.165) is 25.6 Å². The molecule has 1 aromatic heterocycles. The third-order valence-corrected chi connectivity index (χ3v) is 2.77. The van der Waals surface area contributed by atoms with E-state index in [-0.39, 0.29) is 6.10 Å². The number of aromatic nitrogens is 1. The molecule has 1 unspecified atom stereocenters. The SMILES string of the molecule is O=[N+]([O-])/C=C1\NCCCC1Oc1ccc(Cl)nc1. The van der Waals surface area contributed by atoms with Gasteiger partial charge in [-0.2, -0.15) is 0 Å². The monoisotopic (exact) mass is 269 g/mol. The number of hydrogen-bond donors (Lipinski definition) is 1. The normalized spacial score (nSPS) is 21.4. The highest BCUT2D eigenvalue weighted by molar-refractivity contribution is 6.29. The Kier molecular flexibility index (Phi) is 3.99. The van der Waals surface area contributed by atoms with Crippen molar-refractivity contribution >= 4 is 11.6 Å². The van der Waals surface area contributed by atoms with Crippen LogP contribution in [0.25, 0.3) is 0 Å². The molecule has 1 saturated heterocycles. The number of hydrogen-bond acceptors (Lipinski definition) is 5. The Morgan fingerprint density at radius 3 is 3.11 bits per heavy atom. The maximum absolute atomic E-state index is 10.5. The summed E-state index contributed by atoms with van der Waals surface area (Å²) in [7, 11) is 0. The van der Waals surface area contributed by atoms with Crippen molar-refractivity contribution in [3.63, 3.8) is 0 Å². The molecule has 7 heteroatoms. The summed E-state index contributed by atoms with van der Waals surface area (Å²) in [6.07, 6.45) is 3.75. The van der Waals surface area contributed by atoms with Crippen molar-refractivity contribution in [1.82, 2.24) is 10.3 Å². The smallest absolute Gasteiger partial charge is 0.257 e. The minimum atomic E-state index is -0.482.